The molecule has 0 aliphatic rings. The largest absolute Gasteiger partial charge is 0.501 e. The molecule has 1 rings (SSSR count). The lowest BCUT2D eigenvalue weighted by Gasteiger charge is -2.02. The number of primary amides is 1. The van der Waals surface area contributed by atoms with Crippen molar-refractivity contribution in [3.63, 3.8) is 0 Å². The molecule has 0 saturated heterocycles. The van der Waals surface area contributed by atoms with Crippen LogP contribution < -0.4 is 5.73 Å². The van der Waals surface area contributed by atoms with Gasteiger partial charge in [0, 0.05) is 5.56 Å². The summed E-state index contributed by atoms with van der Waals surface area (Å²) in [6.45, 7) is 2.33. The molecule has 1 aromatic carbocycles. The number of nitrogens with two attached hydrogens (primary N) is 1. The Kier molecular flexibility index (Phi) is 4.27. The molecule has 4 heteroatoms. The standard InChI is InChI=1S/C12H13NO3/c1-2-16-8-11(7-14)9-3-5-10(6-4-9)12(13)15/h3-8H,2H2,1H3,(H2,13,15)/b11-8-. The lowest BCUT2D eigenvalue weighted by Crippen LogP contribution is -2.10. The van der Waals surface area contributed by atoms with Crippen LogP contribution >= 0.6 is 0 Å². The first kappa shape index (κ1) is 12.0. The predicted octanol–water partition coefficient (Wildman–Crippen LogP) is 1.36. The van der Waals surface area contributed by atoms with Gasteiger partial charge in [0.25, 0.3) is 0 Å². The molecule has 1 amide bonds. The summed E-state index contributed by atoms with van der Waals surface area (Å²) < 4.78 is 5.03. The molecule has 0 atom stereocenters. The molecule has 16 heavy (non-hydrogen) atoms. The molecule has 0 bridgehead atoms. The Bertz CT molecular complexity index is 407. The first-order valence-electron chi connectivity index (χ1n) is 4.86. The molecule has 1 aromatic rings. The molecule has 2 N–H and O–H groups in total. The zero-order chi connectivity index (χ0) is 12.0. The second-order valence-electron chi connectivity index (χ2n) is 3.09. The van der Waals surface area contributed by atoms with Gasteiger partial charge in [-0.25, -0.2) is 0 Å². The highest BCUT2D eigenvalue weighted by atomic mass is 16.5. The molecular weight excluding hydrogens is 206 g/mol. The maximum Gasteiger partial charge on any atom is 0.248 e. The highest BCUT2D eigenvalue weighted by molar-refractivity contribution is 6.06. The summed E-state index contributed by atoms with van der Waals surface area (Å²) >= 11 is 0. The minimum absolute atomic E-state index is 0.408. The van der Waals surface area contributed by atoms with Crippen molar-refractivity contribution in [3.8, 4) is 0 Å². The number of carbonyl (C=O) groups excluding carboxylic acids is 2. The summed E-state index contributed by atoms with van der Waals surface area (Å²) in [6, 6.07) is 6.45. The second kappa shape index (κ2) is 5.70. The van der Waals surface area contributed by atoms with Crippen LogP contribution in [0.2, 0.25) is 0 Å². The van der Waals surface area contributed by atoms with Crippen LogP contribution in [-0.4, -0.2) is 18.8 Å². The monoisotopic (exact) mass is 219 g/mol. The summed E-state index contributed by atoms with van der Waals surface area (Å²) in [6.07, 6.45) is 2.10. The number of allylic oxidation sites excluding steroid dienone is 1. The molecule has 0 unspecified atom stereocenters. The zero-order valence-electron chi connectivity index (χ0n) is 8.97. The quantitative estimate of drug-likeness (QED) is 0.462. The van der Waals surface area contributed by atoms with Gasteiger partial charge in [-0.05, 0) is 24.6 Å². The molecule has 0 heterocycles. The first-order valence-corrected chi connectivity index (χ1v) is 4.86. The van der Waals surface area contributed by atoms with Gasteiger partial charge in [0.1, 0.15) is 0 Å². The van der Waals surface area contributed by atoms with Gasteiger partial charge in [0.2, 0.25) is 5.91 Å². The average Bonchev–Trinajstić information content (AvgIpc) is 2.30. The van der Waals surface area contributed by atoms with Gasteiger partial charge in [-0.2, -0.15) is 0 Å². The van der Waals surface area contributed by atoms with Crippen LogP contribution in [0.1, 0.15) is 22.8 Å². The van der Waals surface area contributed by atoms with Crippen LogP contribution in [0, 0.1) is 0 Å². The van der Waals surface area contributed by atoms with Crippen molar-refractivity contribution in [1.82, 2.24) is 0 Å². The molecule has 0 fully saturated rings. The molecule has 0 radical (unpaired) electrons. The van der Waals surface area contributed by atoms with Crippen LogP contribution in [-0.2, 0) is 9.53 Å². The maximum absolute atomic E-state index is 10.8. The van der Waals surface area contributed by atoms with Crippen molar-refractivity contribution in [2.45, 2.75) is 6.92 Å². The highest BCUT2D eigenvalue weighted by Gasteiger charge is 2.03. The molecule has 0 aliphatic carbocycles. The molecule has 0 aliphatic heterocycles. The number of hydrogen-bond acceptors (Lipinski definition) is 3. The Hall–Kier alpha value is -2.10. The number of carbonyl (C=O) groups is 2. The van der Waals surface area contributed by atoms with Gasteiger partial charge in [-0.3, -0.25) is 9.59 Å². The van der Waals surface area contributed by atoms with E-state index in [1.54, 1.807) is 24.3 Å². The van der Waals surface area contributed by atoms with Crippen LogP contribution in [0.25, 0.3) is 5.57 Å². The van der Waals surface area contributed by atoms with E-state index in [-0.39, 0.29) is 0 Å². The van der Waals surface area contributed by atoms with Gasteiger partial charge >= 0.3 is 0 Å². The summed E-state index contributed by atoms with van der Waals surface area (Å²) in [5.41, 5.74) is 6.63. The van der Waals surface area contributed by atoms with Gasteiger partial charge in [-0.15, -0.1) is 0 Å². The number of hydrogen-bond donors (Lipinski definition) is 1. The first-order chi connectivity index (χ1) is 7.69. The van der Waals surface area contributed by atoms with Gasteiger partial charge in [0.05, 0.1) is 18.4 Å². The highest BCUT2D eigenvalue weighted by Crippen LogP contribution is 2.13. The van der Waals surface area contributed by atoms with E-state index < -0.39 is 5.91 Å². The van der Waals surface area contributed by atoms with E-state index in [1.807, 2.05) is 6.92 Å². The summed E-state index contributed by atoms with van der Waals surface area (Å²) in [5, 5.41) is 0. The normalized spacial score (nSPS) is 10.9. The molecule has 0 aromatic heterocycles. The minimum atomic E-state index is -0.493. The Morgan fingerprint density at radius 1 is 1.31 bits per heavy atom. The van der Waals surface area contributed by atoms with Crippen molar-refractivity contribution >= 4 is 17.8 Å². The summed E-state index contributed by atoms with van der Waals surface area (Å²) in [4.78, 5) is 21.6. The fourth-order valence-electron chi connectivity index (χ4n) is 1.16. The molecular formula is C12H13NO3. The van der Waals surface area contributed by atoms with Crippen molar-refractivity contribution < 1.29 is 14.3 Å². The van der Waals surface area contributed by atoms with Crippen molar-refractivity contribution in [2.75, 3.05) is 6.61 Å². The number of benzene rings is 1. The molecule has 0 spiro atoms. The lowest BCUT2D eigenvalue weighted by atomic mass is 10.1. The summed E-state index contributed by atoms with van der Waals surface area (Å²) in [7, 11) is 0. The van der Waals surface area contributed by atoms with Gasteiger partial charge in [0.15, 0.2) is 6.29 Å². The van der Waals surface area contributed by atoms with Crippen LogP contribution in [0.4, 0.5) is 0 Å². The Labute approximate surface area is 93.7 Å². The Morgan fingerprint density at radius 2 is 1.88 bits per heavy atom. The topological polar surface area (TPSA) is 69.4 Å². The fourth-order valence-corrected chi connectivity index (χ4v) is 1.16. The molecule has 84 valence electrons. The molecule has 4 nitrogen and oxygen atoms in total. The van der Waals surface area contributed by atoms with E-state index >= 15 is 0 Å². The minimum Gasteiger partial charge on any atom is -0.501 e. The third kappa shape index (κ3) is 2.95. The second-order valence-corrected chi connectivity index (χ2v) is 3.09. The molecule has 0 saturated carbocycles. The van der Waals surface area contributed by atoms with E-state index in [0.29, 0.717) is 29.6 Å². The van der Waals surface area contributed by atoms with E-state index in [0.717, 1.165) is 0 Å². The van der Waals surface area contributed by atoms with E-state index in [4.69, 9.17) is 10.5 Å². The fraction of sp³-hybridized carbons (Fsp3) is 0.167. The number of aldehydes is 1. The van der Waals surface area contributed by atoms with Crippen LogP contribution in [0.5, 0.6) is 0 Å². The van der Waals surface area contributed by atoms with Gasteiger partial charge in [-0.1, -0.05) is 12.1 Å². The summed E-state index contributed by atoms with van der Waals surface area (Å²) in [5.74, 6) is -0.493. The van der Waals surface area contributed by atoms with Crippen molar-refractivity contribution in [1.29, 1.82) is 0 Å². The number of amides is 1. The van der Waals surface area contributed by atoms with Crippen LogP contribution in [0.15, 0.2) is 30.5 Å². The van der Waals surface area contributed by atoms with E-state index in [2.05, 4.69) is 0 Å². The smallest absolute Gasteiger partial charge is 0.248 e. The maximum atomic E-state index is 10.8. The number of ether oxygens (including phenoxy) is 1. The Balaban J connectivity index is 2.95. The Morgan fingerprint density at radius 3 is 2.31 bits per heavy atom. The van der Waals surface area contributed by atoms with Gasteiger partial charge < -0.3 is 10.5 Å². The van der Waals surface area contributed by atoms with Crippen molar-refractivity contribution in [2.24, 2.45) is 5.73 Å². The third-order valence-corrected chi connectivity index (χ3v) is 2.01. The number of rotatable bonds is 5. The van der Waals surface area contributed by atoms with Crippen molar-refractivity contribution in [3.05, 3.63) is 41.7 Å². The van der Waals surface area contributed by atoms with E-state index in [9.17, 15) is 9.59 Å². The predicted molar refractivity (Wildman–Crippen MR) is 60.6 cm³/mol. The van der Waals surface area contributed by atoms with Crippen LogP contribution in [0.3, 0.4) is 0 Å². The SMILES string of the molecule is CCO/C=C(/C=O)c1ccc(C(N)=O)cc1. The average molecular weight is 219 g/mol. The third-order valence-electron chi connectivity index (χ3n) is 2.01. The van der Waals surface area contributed by atoms with E-state index in [1.165, 1.54) is 6.26 Å². The lowest BCUT2D eigenvalue weighted by molar-refractivity contribution is -0.103. The zero-order valence-corrected chi connectivity index (χ0v) is 8.97.